The van der Waals surface area contributed by atoms with Crippen molar-refractivity contribution in [2.75, 3.05) is 0 Å². The molecule has 0 aromatic heterocycles. The summed E-state index contributed by atoms with van der Waals surface area (Å²) in [5, 5.41) is 4.11. The highest BCUT2D eigenvalue weighted by Crippen LogP contribution is 2.65. The molecule has 5 atom stereocenters. The summed E-state index contributed by atoms with van der Waals surface area (Å²) in [5.74, 6) is 1.93. The third kappa shape index (κ3) is 1.62. The second-order valence-corrected chi connectivity index (χ2v) is 8.04. The van der Waals surface area contributed by atoms with E-state index in [4.69, 9.17) is 0 Å². The Morgan fingerprint density at radius 1 is 1.11 bits per heavy atom. The summed E-state index contributed by atoms with van der Waals surface area (Å²) in [6, 6.07) is 1.62. The van der Waals surface area contributed by atoms with E-state index >= 15 is 0 Å². The molecule has 5 unspecified atom stereocenters. The van der Waals surface area contributed by atoms with Crippen LogP contribution in [0.2, 0.25) is 0 Å². The maximum absolute atomic E-state index is 4.11. The van der Waals surface area contributed by atoms with Gasteiger partial charge in [-0.25, -0.2) is 0 Å². The first-order valence-electron chi connectivity index (χ1n) is 8.25. The van der Waals surface area contributed by atoms with Crippen LogP contribution < -0.4 is 5.32 Å². The molecule has 3 aliphatic carbocycles. The highest BCUT2D eigenvalue weighted by atomic mass is 15.0. The third-order valence-electron chi connectivity index (χ3n) is 7.39. The van der Waals surface area contributed by atoms with Crippen LogP contribution in [0.5, 0.6) is 0 Å². The summed E-state index contributed by atoms with van der Waals surface area (Å²) >= 11 is 0. The summed E-state index contributed by atoms with van der Waals surface area (Å²) < 4.78 is 0. The van der Waals surface area contributed by atoms with Gasteiger partial charge in [-0.15, -0.1) is 0 Å². The van der Waals surface area contributed by atoms with E-state index in [1.807, 2.05) is 0 Å². The van der Waals surface area contributed by atoms with E-state index in [1.54, 1.807) is 0 Å². The lowest BCUT2D eigenvalue weighted by atomic mass is 9.69. The van der Waals surface area contributed by atoms with Crippen molar-refractivity contribution in [1.29, 1.82) is 0 Å². The molecule has 18 heavy (non-hydrogen) atoms. The van der Waals surface area contributed by atoms with Crippen LogP contribution in [-0.4, -0.2) is 12.1 Å². The molecular formula is C17H31N. The van der Waals surface area contributed by atoms with Gasteiger partial charge in [0, 0.05) is 12.1 Å². The predicted molar refractivity (Wildman–Crippen MR) is 77.6 cm³/mol. The molecule has 3 aliphatic rings. The molecule has 2 bridgehead atoms. The summed E-state index contributed by atoms with van der Waals surface area (Å²) in [6.45, 7) is 9.99. The number of hydrogen-bond donors (Lipinski definition) is 1. The monoisotopic (exact) mass is 249 g/mol. The number of rotatable bonds is 3. The number of nitrogens with one attached hydrogen (secondary N) is 1. The van der Waals surface area contributed by atoms with Crippen molar-refractivity contribution in [3.63, 3.8) is 0 Å². The SMILES string of the molecule is CCC1CCCC1NC1CC2CCC1(C)C2(C)C. The van der Waals surface area contributed by atoms with Gasteiger partial charge < -0.3 is 5.32 Å². The average Bonchev–Trinajstić information content (AvgIpc) is 2.91. The van der Waals surface area contributed by atoms with Crippen LogP contribution in [0, 0.1) is 22.7 Å². The highest BCUT2D eigenvalue weighted by molar-refractivity contribution is 5.13. The molecule has 1 N–H and O–H groups in total. The zero-order valence-corrected chi connectivity index (χ0v) is 12.8. The smallest absolute Gasteiger partial charge is 0.0132 e. The molecule has 0 saturated heterocycles. The molecule has 3 rings (SSSR count). The molecule has 0 aliphatic heterocycles. The summed E-state index contributed by atoms with van der Waals surface area (Å²) in [5.41, 5.74) is 1.11. The lowest BCUT2D eigenvalue weighted by Crippen LogP contribution is -2.49. The summed E-state index contributed by atoms with van der Waals surface area (Å²) in [6.07, 6.45) is 10.1. The van der Waals surface area contributed by atoms with Crippen LogP contribution in [0.4, 0.5) is 0 Å². The molecule has 1 heteroatoms. The van der Waals surface area contributed by atoms with Crippen LogP contribution in [0.3, 0.4) is 0 Å². The molecule has 0 radical (unpaired) electrons. The Labute approximate surface area is 113 Å². The lowest BCUT2D eigenvalue weighted by molar-refractivity contribution is 0.111. The Bertz CT molecular complexity index is 322. The second-order valence-electron chi connectivity index (χ2n) is 8.04. The second kappa shape index (κ2) is 4.23. The fraction of sp³-hybridized carbons (Fsp3) is 1.00. The predicted octanol–water partition coefficient (Wildman–Crippen LogP) is 4.37. The third-order valence-corrected chi connectivity index (χ3v) is 7.39. The molecule has 0 spiro atoms. The van der Waals surface area contributed by atoms with E-state index in [9.17, 15) is 0 Å². The van der Waals surface area contributed by atoms with Crippen molar-refractivity contribution < 1.29 is 0 Å². The molecule has 3 saturated carbocycles. The van der Waals surface area contributed by atoms with Gasteiger partial charge in [-0.05, 0) is 54.8 Å². The molecule has 0 aromatic rings. The zero-order valence-electron chi connectivity index (χ0n) is 12.8. The van der Waals surface area contributed by atoms with E-state index in [2.05, 4.69) is 33.0 Å². The van der Waals surface area contributed by atoms with Crippen molar-refractivity contribution >= 4 is 0 Å². The molecule has 0 amide bonds. The van der Waals surface area contributed by atoms with Crippen molar-refractivity contribution in [2.45, 2.75) is 84.7 Å². The molecular weight excluding hydrogens is 218 g/mol. The Morgan fingerprint density at radius 2 is 1.89 bits per heavy atom. The first kappa shape index (κ1) is 13.0. The Balaban J connectivity index is 1.72. The van der Waals surface area contributed by atoms with Gasteiger partial charge in [0.1, 0.15) is 0 Å². The Hall–Kier alpha value is -0.0400. The molecule has 0 aromatic carbocycles. The van der Waals surface area contributed by atoms with E-state index in [0.717, 1.165) is 23.9 Å². The largest absolute Gasteiger partial charge is 0.310 e. The fourth-order valence-electron chi connectivity index (χ4n) is 5.46. The van der Waals surface area contributed by atoms with Crippen LogP contribution in [0.25, 0.3) is 0 Å². The first-order chi connectivity index (χ1) is 8.49. The maximum Gasteiger partial charge on any atom is 0.0132 e. The number of hydrogen-bond acceptors (Lipinski definition) is 1. The number of fused-ring (bicyclic) bond motifs is 2. The van der Waals surface area contributed by atoms with Gasteiger partial charge in [0.25, 0.3) is 0 Å². The molecule has 104 valence electrons. The van der Waals surface area contributed by atoms with Crippen LogP contribution in [0.15, 0.2) is 0 Å². The van der Waals surface area contributed by atoms with Crippen molar-refractivity contribution in [1.82, 2.24) is 5.32 Å². The van der Waals surface area contributed by atoms with Gasteiger partial charge in [-0.3, -0.25) is 0 Å². The summed E-state index contributed by atoms with van der Waals surface area (Å²) in [4.78, 5) is 0. The van der Waals surface area contributed by atoms with Crippen molar-refractivity contribution in [3.05, 3.63) is 0 Å². The zero-order chi connectivity index (χ0) is 13.0. The summed E-state index contributed by atoms with van der Waals surface area (Å²) in [7, 11) is 0. The van der Waals surface area contributed by atoms with E-state index in [-0.39, 0.29) is 0 Å². The molecule has 0 heterocycles. The Morgan fingerprint density at radius 3 is 2.44 bits per heavy atom. The fourth-order valence-corrected chi connectivity index (χ4v) is 5.46. The quantitative estimate of drug-likeness (QED) is 0.783. The molecule has 3 fully saturated rings. The minimum absolute atomic E-state index is 0.554. The van der Waals surface area contributed by atoms with Gasteiger partial charge >= 0.3 is 0 Å². The van der Waals surface area contributed by atoms with Gasteiger partial charge in [-0.1, -0.05) is 40.5 Å². The minimum atomic E-state index is 0.554. The minimum Gasteiger partial charge on any atom is -0.310 e. The van der Waals surface area contributed by atoms with Gasteiger partial charge in [0.05, 0.1) is 0 Å². The van der Waals surface area contributed by atoms with Crippen molar-refractivity contribution in [3.8, 4) is 0 Å². The van der Waals surface area contributed by atoms with E-state index < -0.39 is 0 Å². The highest BCUT2D eigenvalue weighted by Gasteiger charge is 2.61. The maximum atomic E-state index is 4.11. The van der Waals surface area contributed by atoms with Gasteiger partial charge in [0.15, 0.2) is 0 Å². The van der Waals surface area contributed by atoms with Crippen LogP contribution >= 0.6 is 0 Å². The van der Waals surface area contributed by atoms with Crippen LogP contribution in [-0.2, 0) is 0 Å². The van der Waals surface area contributed by atoms with E-state index in [0.29, 0.717) is 10.8 Å². The lowest BCUT2D eigenvalue weighted by Gasteiger charge is -2.41. The van der Waals surface area contributed by atoms with Gasteiger partial charge in [0.2, 0.25) is 0 Å². The molecule has 1 nitrogen and oxygen atoms in total. The first-order valence-corrected chi connectivity index (χ1v) is 8.25. The standard InChI is InChI=1S/C17H31N/c1-5-12-7-6-8-14(12)18-15-11-13-9-10-17(15,4)16(13,2)3/h12-15,18H,5-11H2,1-4H3. The van der Waals surface area contributed by atoms with E-state index in [1.165, 1.54) is 44.9 Å². The van der Waals surface area contributed by atoms with Crippen molar-refractivity contribution in [2.24, 2.45) is 22.7 Å². The Kier molecular flexibility index (Phi) is 3.05. The van der Waals surface area contributed by atoms with Gasteiger partial charge in [-0.2, -0.15) is 0 Å². The topological polar surface area (TPSA) is 12.0 Å². The van der Waals surface area contributed by atoms with Crippen LogP contribution in [0.1, 0.15) is 72.6 Å². The average molecular weight is 249 g/mol. The normalized spacial score (nSPS) is 50.0.